The highest BCUT2D eigenvalue weighted by atomic mass is 16.5. The Bertz CT molecular complexity index is 646. The van der Waals surface area contributed by atoms with Gasteiger partial charge in [-0.25, -0.2) is 9.97 Å². The minimum Gasteiger partial charge on any atom is -0.496 e. The average Bonchev–Trinajstić information content (AvgIpc) is 2.55. The second-order valence-corrected chi connectivity index (χ2v) is 5.65. The van der Waals surface area contributed by atoms with Crippen molar-refractivity contribution in [2.24, 2.45) is 0 Å². The summed E-state index contributed by atoms with van der Waals surface area (Å²) in [4.78, 5) is 13.4. The number of para-hydroxylation sites is 1. The van der Waals surface area contributed by atoms with Crippen LogP contribution in [-0.4, -0.2) is 48.7 Å². The monoisotopic (exact) mass is 298 g/mol. The van der Waals surface area contributed by atoms with E-state index < -0.39 is 0 Å². The molecule has 0 unspecified atom stereocenters. The first-order chi connectivity index (χ1) is 10.7. The highest BCUT2D eigenvalue weighted by Gasteiger charge is 2.28. The highest BCUT2D eigenvalue weighted by molar-refractivity contribution is 5.42. The van der Waals surface area contributed by atoms with Gasteiger partial charge in [0.2, 0.25) is 0 Å². The minimum absolute atomic E-state index is 0.292. The van der Waals surface area contributed by atoms with E-state index in [2.05, 4.69) is 38.9 Å². The van der Waals surface area contributed by atoms with E-state index >= 15 is 0 Å². The van der Waals surface area contributed by atoms with Crippen LogP contribution in [0.3, 0.4) is 0 Å². The molecule has 0 bridgehead atoms. The minimum atomic E-state index is 0.292. The second-order valence-electron chi connectivity index (χ2n) is 5.65. The molecule has 0 saturated carbocycles. The van der Waals surface area contributed by atoms with Gasteiger partial charge < -0.3 is 9.64 Å². The van der Waals surface area contributed by atoms with Crippen LogP contribution in [0.25, 0.3) is 0 Å². The van der Waals surface area contributed by atoms with Crippen LogP contribution < -0.4 is 9.64 Å². The Morgan fingerprint density at radius 1 is 1.18 bits per heavy atom. The molecule has 1 aliphatic heterocycles. The first-order valence-corrected chi connectivity index (χ1v) is 7.57. The predicted octanol–water partition coefficient (Wildman–Crippen LogP) is 2.29. The normalized spacial score (nSPS) is 19.2. The zero-order chi connectivity index (χ0) is 15.5. The number of ether oxygens (including phenoxy) is 1. The number of rotatable bonds is 3. The lowest BCUT2D eigenvalue weighted by Gasteiger charge is -2.40. The van der Waals surface area contributed by atoms with Crippen molar-refractivity contribution < 1.29 is 4.74 Å². The van der Waals surface area contributed by atoms with Gasteiger partial charge in [0.1, 0.15) is 17.4 Å². The lowest BCUT2D eigenvalue weighted by atomic mass is 10.0. The van der Waals surface area contributed by atoms with E-state index in [0.29, 0.717) is 6.04 Å². The quantitative estimate of drug-likeness (QED) is 0.869. The van der Waals surface area contributed by atoms with E-state index in [1.807, 2.05) is 31.3 Å². The van der Waals surface area contributed by atoms with E-state index in [9.17, 15) is 0 Å². The van der Waals surface area contributed by atoms with Gasteiger partial charge in [-0.1, -0.05) is 18.2 Å². The molecule has 5 heteroatoms. The van der Waals surface area contributed by atoms with Crippen LogP contribution in [0.5, 0.6) is 5.75 Å². The molecule has 1 saturated heterocycles. The molecule has 0 aliphatic carbocycles. The molecule has 0 N–H and O–H groups in total. The topological polar surface area (TPSA) is 41.5 Å². The molecular weight excluding hydrogens is 276 g/mol. The van der Waals surface area contributed by atoms with Crippen molar-refractivity contribution in [2.75, 3.05) is 38.7 Å². The van der Waals surface area contributed by atoms with Gasteiger partial charge in [-0.15, -0.1) is 0 Å². The van der Waals surface area contributed by atoms with Crippen molar-refractivity contribution in [3.8, 4) is 5.75 Å². The fourth-order valence-corrected chi connectivity index (χ4v) is 2.98. The number of methoxy groups -OCH3 is 1. The summed E-state index contributed by atoms with van der Waals surface area (Å²) >= 11 is 0. The van der Waals surface area contributed by atoms with Gasteiger partial charge in [0.15, 0.2) is 0 Å². The molecule has 1 fully saturated rings. The number of aryl methyl sites for hydroxylation is 1. The summed E-state index contributed by atoms with van der Waals surface area (Å²) in [6.07, 6.45) is 1.83. The first-order valence-electron chi connectivity index (χ1n) is 7.57. The standard InChI is InChI=1S/C17H22N4O/c1-13-18-9-8-17(19-13)21-11-10-20(2)15(12-21)14-6-4-5-7-16(14)22-3/h4-9,15H,10-12H2,1-3H3/t15-/m1/s1. The molecule has 3 rings (SSSR count). The summed E-state index contributed by atoms with van der Waals surface area (Å²) in [5, 5.41) is 0. The molecule has 2 aromatic rings. The number of aromatic nitrogens is 2. The maximum Gasteiger partial charge on any atom is 0.132 e. The highest BCUT2D eigenvalue weighted by Crippen LogP contribution is 2.32. The molecule has 1 aromatic carbocycles. The SMILES string of the molecule is COc1ccccc1[C@H]1CN(c2ccnc(C)n2)CCN1C. The summed E-state index contributed by atoms with van der Waals surface area (Å²) in [6, 6.07) is 10.5. The average molecular weight is 298 g/mol. The van der Waals surface area contributed by atoms with Gasteiger partial charge >= 0.3 is 0 Å². The molecule has 0 spiro atoms. The Balaban J connectivity index is 1.88. The Labute approximate surface area is 131 Å². The third-order valence-corrected chi connectivity index (χ3v) is 4.23. The summed E-state index contributed by atoms with van der Waals surface area (Å²) in [5.74, 6) is 2.76. The molecule has 1 aliphatic rings. The van der Waals surface area contributed by atoms with Crippen LogP contribution >= 0.6 is 0 Å². The van der Waals surface area contributed by atoms with E-state index in [1.54, 1.807) is 7.11 Å². The zero-order valence-electron chi connectivity index (χ0n) is 13.4. The van der Waals surface area contributed by atoms with E-state index in [4.69, 9.17) is 4.74 Å². The van der Waals surface area contributed by atoms with Crippen LogP contribution in [0.15, 0.2) is 36.5 Å². The van der Waals surface area contributed by atoms with Crippen molar-refractivity contribution in [2.45, 2.75) is 13.0 Å². The Morgan fingerprint density at radius 2 is 2.00 bits per heavy atom. The van der Waals surface area contributed by atoms with Gasteiger partial charge in [-0.05, 0) is 26.1 Å². The van der Waals surface area contributed by atoms with E-state index in [0.717, 1.165) is 37.0 Å². The van der Waals surface area contributed by atoms with Crippen LogP contribution in [-0.2, 0) is 0 Å². The molecule has 1 aromatic heterocycles. The summed E-state index contributed by atoms with van der Waals surface area (Å²) < 4.78 is 5.54. The number of anilines is 1. The maximum absolute atomic E-state index is 5.54. The fourth-order valence-electron chi connectivity index (χ4n) is 2.98. The lowest BCUT2D eigenvalue weighted by Crippen LogP contribution is -2.47. The largest absolute Gasteiger partial charge is 0.496 e. The number of likely N-dealkylation sites (N-methyl/N-ethyl adjacent to an activating group) is 1. The third kappa shape index (κ3) is 2.90. The van der Waals surface area contributed by atoms with Gasteiger partial charge in [0, 0.05) is 31.4 Å². The molecule has 2 heterocycles. The fraction of sp³-hybridized carbons (Fsp3) is 0.412. The summed E-state index contributed by atoms with van der Waals surface area (Å²) in [5.41, 5.74) is 1.22. The maximum atomic E-state index is 5.54. The molecule has 0 amide bonds. The number of benzene rings is 1. The van der Waals surface area contributed by atoms with Crippen molar-refractivity contribution in [3.05, 3.63) is 47.9 Å². The van der Waals surface area contributed by atoms with Crippen molar-refractivity contribution in [1.82, 2.24) is 14.9 Å². The smallest absolute Gasteiger partial charge is 0.132 e. The molecule has 22 heavy (non-hydrogen) atoms. The number of nitrogens with zero attached hydrogens (tertiary/aromatic N) is 4. The molecule has 0 radical (unpaired) electrons. The molecule has 116 valence electrons. The van der Waals surface area contributed by atoms with Gasteiger partial charge in [0.25, 0.3) is 0 Å². The molecule has 5 nitrogen and oxygen atoms in total. The zero-order valence-corrected chi connectivity index (χ0v) is 13.4. The van der Waals surface area contributed by atoms with E-state index in [-0.39, 0.29) is 0 Å². The van der Waals surface area contributed by atoms with Gasteiger partial charge in [-0.3, -0.25) is 4.90 Å². The van der Waals surface area contributed by atoms with Crippen LogP contribution in [0.2, 0.25) is 0 Å². The van der Waals surface area contributed by atoms with Crippen LogP contribution in [0.4, 0.5) is 5.82 Å². The number of hydrogen-bond acceptors (Lipinski definition) is 5. The summed E-state index contributed by atoms with van der Waals surface area (Å²) in [6.45, 7) is 4.79. The van der Waals surface area contributed by atoms with Crippen molar-refractivity contribution >= 4 is 5.82 Å². The Hall–Kier alpha value is -2.14. The van der Waals surface area contributed by atoms with E-state index in [1.165, 1.54) is 5.56 Å². The Kier molecular flexibility index (Phi) is 4.24. The molecular formula is C17H22N4O. The van der Waals surface area contributed by atoms with Crippen molar-refractivity contribution in [3.63, 3.8) is 0 Å². The number of piperazine rings is 1. The predicted molar refractivity (Wildman–Crippen MR) is 87.3 cm³/mol. The number of hydrogen-bond donors (Lipinski definition) is 0. The molecule has 1 atom stereocenters. The Morgan fingerprint density at radius 3 is 2.77 bits per heavy atom. The third-order valence-electron chi connectivity index (χ3n) is 4.23. The first kappa shape index (κ1) is 14.8. The summed E-state index contributed by atoms with van der Waals surface area (Å²) in [7, 11) is 3.90. The lowest BCUT2D eigenvalue weighted by molar-refractivity contribution is 0.216. The second kappa shape index (κ2) is 6.32. The van der Waals surface area contributed by atoms with Gasteiger partial charge in [-0.2, -0.15) is 0 Å². The van der Waals surface area contributed by atoms with Crippen LogP contribution in [0.1, 0.15) is 17.4 Å². The van der Waals surface area contributed by atoms with Crippen molar-refractivity contribution in [1.29, 1.82) is 0 Å². The van der Waals surface area contributed by atoms with Crippen LogP contribution in [0, 0.1) is 6.92 Å². The van der Waals surface area contributed by atoms with Gasteiger partial charge in [0.05, 0.1) is 13.2 Å².